The molecule has 74 valence electrons. The Labute approximate surface area is 89.3 Å². The summed E-state index contributed by atoms with van der Waals surface area (Å²) in [5, 5.41) is 9.19. The van der Waals surface area contributed by atoms with E-state index >= 15 is 0 Å². The van der Waals surface area contributed by atoms with Crippen LogP contribution in [0.3, 0.4) is 0 Å². The number of amides is 1. The standard InChI is InChI=1S/C7H10B3N3O2/c1-13-9-7(8-10-13)5(4-11)2-3-6(14)12-15/h2-4,15H,11H2,1H3,(H,12,14)/b3-2+,5-4+. The number of rotatable bonds is 3. The van der Waals surface area contributed by atoms with E-state index in [-0.39, 0.29) is 0 Å². The number of carbonyl (C=O) groups excluding carboxylic acids is 1. The van der Waals surface area contributed by atoms with Gasteiger partial charge in [-0.2, -0.15) is 0 Å². The molecule has 4 N–H and O–H groups in total. The molecule has 0 aliphatic heterocycles. The molecule has 0 atom stereocenters. The van der Waals surface area contributed by atoms with Crippen molar-refractivity contribution in [3.05, 3.63) is 23.7 Å². The maximum atomic E-state index is 10.7. The molecule has 0 unspecified atom stereocenters. The second kappa shape index (κ2) is 5.45. The Morgan fingerprint density at radius 2 is 2.33 bits per heavy atom. The van der Waals surface area contributed by atoms with Gasteiger partial charge in [-0.1, -0.05) is 0 Å². The molecule has 0 aliphatic carbocycles. The van der Waals surface area contributed by atoms with Crippen LogP contribution in [0.15, 0.2) is 18.4 Å². The molecule has 8 heteroatoms. The molecule has 1 aromatic rings. The molecule has 0 spiro atoms. The molecule has 1 rings (SSSR count). The number of carbonyl (C=O) groups is 1. The summed E-state index contributed by atoms with van der Waals surface area (Å²) in [6, 6.07) is 0. The summed E-state index contributed by atoms with van der Waals surface area (Å²) in [5.41, 5.74) is 7.63. The number of hydrogen-bond acceptors (Lipinski definition) is 3. The van der Waals surface area contributed by atoms with Gasteiger partial charge in [0.1, 0.15) is 0 Å². The number of nitrogens with two attached hydrogens (primary N) is 1. The van der Waals surface area contributed by atoms with Crippen molar-refractivity contribution in [1.82, 2.24) is 9.86 Å². The Morgan fingerprint density at radius 3 is 2.80 bits per heavy atom. The number of nitrogens with one attached hydrogen (secondary N) is 1. The summed E-state index contributed by atoms with van der Waals surface area (Å²) >= 11 is 0. The molecule has 0 aliphatic rings. The molecule has 5 nitrogen and oxygen atoms in total. The van der Waals surface area contributed by atoms with Crippen molar-refractivity contribution in [2.24, 2.45) is 12.8 Å². The van der Waals surface area contributed by atoms with Gasteiger partial charge >= 0.3 is 88.6 Å². The SMILES string of the molecule is Cn1bbc(C(=C/N)/C=C/C(=O)NO)b1. The number of hydrogen-bond donors (Lipinski definition) is 3. The molecule has 0 radical (unpaired) electrons. The molecule has 0 fully saturated rings. The Hall–Kier alpha value is -1.43. The Balaban J connectivity index is 2.83. The van der Waals surface area contributed by atoms with Gasteiger partial charge in [0.15, 0.2) is 0 Å². The topological polar surface area (TPSA) is 80.3 Å². The summed E-state index contributed by atoms with van der Waals surface area (Å²) in [7, 11) is 3.77. The van der Waals surface area contributed by atoms with Gasteiger partial charge in [0.05, 0.1) is 0 Å². The molecule has 1 aromatic heterocycles. The van der Waals surface area contributed by atoms with Crippen LogP contribution >= 0.6 is 0 Å². The van der Waals surface area contributed by atoms with E-state index in [2.05, 4.69) is 0 Å². The van der Waals surface area contributed by atoms with E-state index in [0.717, 1.165) is 5.35 Å². The third-order valence-electron chi connectivity index (χ3n) is 1.87. The first kappa shape index (κ1) is 11.6. The van der Waals surface area contributed by atoms with Crippen LogP contribution in [0.5, 0.6) is 0 Å². The number of aryl methyl sites for hydroxylation is 1. The third kappa shape index (κ3) is 3.32. The second-order valence-electron chi connectivity index (χ2n) is 3.00. The van der Waals surface area contributed by atoms with Crippen LogP contribution in [0.1, 0.15) is 5.35 Å². The summed E-state index contributed by atoms with van der Waals surface area (Å²) in [5.74, 6) is -0.592. The van der Waals surface area contributed by atoms with Crippen LogP contribution in [0.25, 0.3) is 5.57 Å². The number of nitrogens with zero attached hydrogens (tertiary/aromatic N) is 1. The Morgan fingerprint density at radius 1 is 1.60 bits per heavy atom. The molecule has 0 aromatic carbocycles. The fourth-order valence-corrected chi connectivity index (χ4v) is 1.12. The van der Waals surface area contributed by atoms with Crippen LogP contribution in [-0.4, -0.2) is 36.3 Å². The van der Waals surface area contributed by atoms with Gasteiger partial charge in [-0.05, 0) is 0 Å². The zero-order chi connectivity index (χ0) is 11.3. The molecule has 0 saturated carbocycles. The van der Waals surface area contributed by atoms with E-state index < -0.39 is 5.91 Å². The van der Waals surface area contributed by atoms with Crippen LogP contribution < -0.4 is 11.2 Å². The van der Waals surface area contributed by atoms with Crippen molar-refractivity contribution in [2.45, 2.75) is 0 Å². The molecule has 0 bridgehead atoms. The van der Waals surface area contributed by atoms with E-state index in [1.54, 1.807) is 0 Å². The third-order valence-corrected chi connectivity index (χ3v) is 1.87. The van der Waals surface area contributed by atoms with Gasteiger partial charge in [0.2, 0.25) is 0 Å². The van der Waals surface area contributed by atoms with Gasteiger partial charge in [-0.25, -0.2) is 0 Å². The van der Waals surface area contributed by atoms with Crippen molar-refractivity contribution in [3.63, 3.8) is 0 Å². The fourth-order valence-electron chi connectivity index (χ4n) is 1.12. The molecule has 0 saturated heterocycles. The molecule has 1 amide bonds. The number of aromatic nitrogens is 1. The summed E-state index contributed by atoms with van der Waals surface area (Å²) in [6.07, 6.45) is 4.13. The first-order valence-corrected chi connectivity index (χ1v) is 4.33. The van der Waals surface area contributed by atoms with Crippen molar-refractivity contribution < 1.29 is 10.0 Å². The van der Waals surface area contributed by atoms with E-state index in [0.29, 0.717) is 5.57 Å². The zero-order valence-electron chi connectivity index (χ0n) is 8.34. The second-order valence-corrected chi connectivity index (χ2v) is 3.00. The van der Waals surface area contributed by atoms with E-state index in [9.17, 15) is 4.79 Å². The number of allylic oxidation sites excluding steroid dienone is 2. The Kier molecular flexibility index (Phi) is 4.24. The quantitative estimate of drug-likeness (QED) is 0.238. The van der Waals surface area contributed by atoms with E-state index in [1.165, 1.54) is 23.8 Å². The minimum absolute atomic E-state index is 0.592. The van der Waals surface area contributed by atoms with E-state index in [1.807, 2.05) is 32.2 Å². The normalized spacial score (nSPS) is 11.2. The van der Waals surface area contributed by atoms with Gasteiger partial charge < -0.3 is 0 Å². The predicted octanol–water partition coefficient (Wildman–Crippen LogP) is -1.60. The van der Waals surface area contributed by atoms with Crippen molar-refractivity contribution in [2.75, 3.05) is 0 Å². The van der Waals surface area contributed by atoms with Crippen molar-refractivity contribution >= 4 is 32.3 Å². The summed E-state index contributed by atoms with van der Waals surface area (Å²) < 4.78 is 1.87. The summed E-state index contributed by atoms with van der Waals surface area (Å²) in [4.78, 5) is 10.7. The van der Waals surface area contributed by atoms with Gasteiger partial charge in [-0.15, -0.1) is 0 Å². The van der Waals surface area contributed by atoms with Crippen LogP contribution in [-0.2, 0) is 11.8 Å². The van der Waals surface area contributed by atoms with Crippen molar-refractivity contribution in [1.29, 1.82) is 0 Å². The fraction of sp³-hybridized carbons (Fsp3) is 0.143. The summed E-state index contributed by atoms with van der Waals surface area (Å²) in [6.45, 7) is 3.75. The van der Waals surface area contributed by atoms with Gasteiger partial charge in [0, 0.05) is 0 Å². The molecule has 15 heavy (non-hydrogen) atoms. The van der Waals surface area contributed by atoms with Crippen LogP contribution in [0, 0.1) is 0 Å². The van der Waals surface area contributed by atoms with Crippen LogP contribution in [0.4, 0.5) is 0 Å². The van der Waals surface area contributed by atoms with Gasteiger partial charge in [0.25, 0.3) is 0 Å². The van der Waals surface area contributed by atoms with Crippen molar-refractivity contribution in [3.8, 4) is 0 Å². The average Bonchev–Trinajstić information content (AvgIpc) is 2.65. The minimum atomic E-state index is -0.592. The first-order chi connectivity index (χ1) is 7.17. The molecular weight excluding hydrogens is 191 g/mol. The monoisotopic (exact) mass is 201 g/mol. The Bertz CT molecular complexity index is 413. The molecule has 1 heterocycles. The first-order valence-electron chi connectivity index (χ1n) is 4.33. The predicted molar refractivity (Wildman–Crippen MR) is 60.7 cm³/mol. The van der Waals surface area contributed by atoms with E-state index in [4.69, 9.17) is 10.9 Å². The molecular formula is C7H10B3N3O2. The van der Waals surface area contributed by atoms with Crippen LogP contribution in [0.2, 0.25) is 0 Å². The maximum absolute atomic E-state index is 10.7. The number of hydroxylamine groups is 1. The van der Waals surface area contributed by atoms with Gasteiger partial charge in [-0.3, -0.25) is 0 Å². The zero-order valence-corrected chi connectivity index (χ0v) is 8.34. The average molecular weight is 201 g/mol.